The minimum absolute atomic E-state index is 0.249. The first-order valence-corrected chi connectivity index (χ1v) is 8.14. The standard InChI is InChI=1S/C13H12BrCl2NO3/c14-4-1-5-17-11-9(16)3-2-8(15)10(11)13(12(17)18)19-6-7-20-13/h2-3H,1,4-7H2. The molecule has 1 amide bonds. The van der Waals surface area contributed by atoms with E-state index in [1.807, 2.05) is 0 Å². The molecule has 1 saturated heterocycles. The number of alkyl halides is 1. The third-order valence-electron chi connectivity index (χ3n) is 3.41. The van der Waals surface area contributed by atoms with E-state index in [-0.39, 0.29) is 5.91 Å². The van der Waals surface area contributed by atoms with Gasteiger partial charge < -0.3 is 14.4 Å². The minimum Gasteiger partial charge on any atom is -0.336 e. The fraction of sp³-hybridized carbons (Fsp3) is 0.462. The number of halogens is 3. The van der Waals surface area contributed by atoms with E-state index in [4.69, 9.17) is 32.7 Å². The Morgan fingerprint density at radius 2 is 1.90 bits per heavy atom. The maximum absolute atomic E-state index is 12.7. The van der Waals surface area contributed by atoms with Crippen molar-refractivity contribution in [1.82, 2.24) is 0 Å². The molecule has 108 valence electrons. The van der Waals surface area contributed by atoms with Crippen molar-refractivity contribution < 1.29 is 14.3 Å². The van der Waals surface area contributed by atoms with Gasteiger partial charge in [0.2, 0.25) is 0 Å². The summed E-state index contributed by atoms with van der Waals surface area (Å²) in [4.78, 5) is 14.3. The quantitative estimate of drug-likeness (QED) is 0.755. The van der Waals surface area contributed by atoms with Gasteiger partial charge in [-0.05, 0) is 18.6 Å². The number of benzene rings is 1. The Labute approximate surface area is 135 Å². The molecule has 2 aliphatic rings. The van der Waals surface area contributed by atoms with Gasteiger partial charge in [-0.25, -0.2) is 0 Å². The summed E-state index contributed by atoms with van der Waals surface area (Å²) in [7, 11) is 0. The van der Waals surface area contributed by atoms with Gasteiger partial charge in [0.05, 0.1) is 34.5 Å². The molecule has 0 unspecified atom stereocenters. The van der Waals surface area contributed by atoms with Gasteiger partial charge in [0.15, 0.2) is 0 Å². The first kappa shape index (κ1) is 14.6. The van der Waals surface area contributed by atoms with Crippen LogP contribution in [0.2, 0.25) is 10.0 Å². The van der Waals surface area contributed by atoms with Crippen molar-refractivity contribution in [1.29, 1.82) is 0 Å². The molecule has 2 aliphatic heterocycles. The highest BCUT2D eigenvalue weighted by molar-refractivity contribution is 9.09. The number of fused-ring (bicyclic) bond motifs is 2. The Balaban J connectivity index is 2.16. The fourth-order valence-electron chi connectivity index (χ4n) is 2.62. The average molecular weight is 381 g/mol. The lowest BCUT2D eigenvalue weighted by atomic mass is 10.1. The summed E-state index contributed by atoms with van der Waals surface area (Å²) in [5, 5.41) is 1.70. The van der Waals surface area contributed by atoms with Crippen LogP contribution < -0.4 is 4.90 Å². The van der Waals surface area contributed by atoms with Gasteiger partial charge >= 0.3 is 0 Å². The molecule has 0 radical (unpaired) electrons. The zero-order valence-corrected chi connectivity index (χ0v) is 13.6. The van der Waals surface area contributed by atoms with E-state index in [1.54, 1.807) is 17.0 Å². The lowest BCUT2D eigenvalue weighted by Gasteiger charge is -2.22. The van der Waals surface area contributed by atoms with Crippen LogP contribution in [0.3, 0.4) is 0 Å². The van der Waals surface area contributed by atoms with E-state index in [0.29, 0.717) is 41.1 Å². The first-order valence-electron chi connectivity index (χ1n) is 6.26. The van der Waals surface area contributed by atoms with Crippen molar-refractivity contribution in [2.45, 2.75) is 12.2 Å². The highest BCUT2D eigenvalue weighted by Crippen LogP contribution is 2.51. The van der Waals surface area contributed by atoms with Crippen LogP contribution >= 0.6 is 39.1 Å². The van der Waals surface area contributed by atoms with Crippen LogP contribution in [-0.2, 0) is 20.1 Å². The van der Waals surface area contributed by atoms with E-state index in [0.717, 1.165) is 11.8 Å². The Hall–Kier alpha value is -0.330. The van der Waals surface area contributed by atoms with Gasteiger partial charge in [0, 0.05) is 11.9 Å². The normalized spacial score (nSPS) is 19.9. The molecule has 4 nitrogen and oxygen atoms in total. The van der Waals surface area contributed by atoms with Gasteiger partial charge in [-0.1, -0.05) is 39.1 Å². The zero-order valence-electron chi connectivity index (χ0n) is 10.5. The van der Waals surface area contributed by atoms with Crippen LogP contribution in [0.25, 0.3) is 0 Å². The smallest absolute Gasteiger partial charge is 0.292 e. The van der Waals surface area contributed by atoms with E-state index in [1.165, 1.54) is 0 Å². The van der Waals surface area contributed by atoms with E-state index < -0.39 is 5.79 Å². The lowest BCUT2D eigenvalue weighted by molar-refractivity contribution is -0.180. The molecule has 1 aromatic rings. The number of anilines is 1. The van der Waals surface area contributed by atoms with Gasteiger partial charge in [-0.15, -0.1) is 0 Å². The average Bonchev–Trinajstić information content (AvgIpc) is 3.00. The molecule has 0 N–H and O–H groups in total. The number of rotatable bonds is 3. The number of ether oxygens (including phenoxy) is 2. The van der Waals surface area contributed by atoms with Crippen molar-refractivity contribution in [3.8, 4) is 0 Å². The second-order valence-corrected chi connectivity index (χ2v) is 6.17. The van der Waals surface area contributed by atoms with Gasteiger partial charge in [0.1, 0.15) is 0 Å². The molecule has 0 aliphatic carbocycles. The van der Waals surface area contributed by atoms with Gasteiger partial charge in [-0.2, -0.15) is 0 Å². The van der Waals surface area contributed by atoms with Crippen LogP contribution in [0.15, 0.2) is 12.1 Å². The number of hydrogen-bond donors (Lipinski definition) is 0. The first-order chi connectivity index (χ1) is 9.62. The molecule has 1 fully saturated rings. The van der Waals surface area contributed by atoms with E-state index >= 15 is 0 Å². The Kier molecular flexibility index (Phi) is 3.99. The number of carbonyl (C=O) groups is 1. The van der Waals surface area contributed by atoms with Crippen molar-refractivity contribution in [2.75, 3.05) is 30.0 Å². The molecule has 7 heteroatoms. The minimum atomic E-state index is -1.41. The van der Waals surface area contributed by atoms with Crippen molar-refractivity contribution in [2.24, 2.45) is 0 Å². The predicted molar refractivity (Wildman–Crippen MR) is 80.8 cm³/mol. The largest absolute Gasteiger partial charge is 0.336 e. The molecule has 0 saturated carbocycles. The summed E-state index contributed by atoms with van der Waals surface area (Å²) >= 11 is 15.9. The van der Waals surface area contributed by atoms with Crippen LogP contribution in [0.1, 0.15) is 12.0 Å². The summed E-state index contributed by atoms with van der Waals surface area (Å²) in [6.45, 7) is 1.26. The molecule has 0 aromatic heterocycles. The Morgan fingerprint density at radius 3 is 2.55 bits per heavy atom. The van der Waals surface area contributed by atoms with Crippen molar-refractivity contribution in [3.05, 3.63) is 27.7 Å². The molecule has 20 heavy (non-hydrogen) atoms. The van der Waals surface area contributed by atoms with Crippen LogP contribution in [0.4, 0.5) is 5.69 Å². The summed E-state index contributed by atoms with van der Waals surface area (Å²) in [5.41, 5.74) is 1.13. The monoisotopic (exact) mass is 379 g/mol. The summed E-state index contributed by atoms with van der Waals surface area (Å²) in [5.74, 6) is -1.66. The van der Waals surface area contributed by atoms with Crippen molar-refractivity contribution >= 4 is 50.7 Å². The van der Waals surface area contributed by atoms with Crippen LogP contribution in [-0.4, -0.2) is 31.0 Å². The molecule has 3 rings (SSSR count). The molecular weight excluding hydrogens is 369 g/mol. The van der Waals surface area contributed by atoms with Gasteiger partial charge in [0.25, 0.3) is 11.7 Å². The van der Waals surface area contributed by atoms with Crippen LogP contribution in [0.5, 0.6) is 0 Å². The molecule has 1 spiro atoms. The number of amides is 1. The predicted octanol–water partition coefficient (Wildman–Crippen LogP) is 3.32. The SMILES string of the molecule is O=C1N(CCCBr)c2c(Cl)ccc(Cl)c2C12OCCO2. The molecule has 2 heterocycles. The second-order valence-electron chi connectivity index (χ2n) is 4.57. The van der Waals surface area contributed by atoms with Gasteiger partial charge in [-0.3, -0.25) is 4.79 Å². The number of hydrogen-bond acceptors (Lipinski definition) is 3. The molecule has 1 aromatic carbocycles. The van der Waals surface area contributed by atoms with E-state index in [2.05, 4.69) is 15.9 Å². The molecule has 0 bridgehead atoms. The summed E-state index contributed by atoms with van der Waals surface area (Å²) in [6, 6.07) is 3.35. The van der Waals surface area contributed by atoms with Crippen LogP contribution in [0, 0.1) is 0 Å². The maximum atomic E-state index is 12.7. The summed E-state index contributed by atoms with van der Waals surface area (Å²) in [6.07, 6.45) is 0.796. The third-order valence-corrected chi connectivity index (χ3v) is 4.59. The maximum Gasteiger partial charge on any atom is 0.292 e. The van der Waals surface area contributed by atoms with Crippen molar-refractivity contribution in [3.63, 3.8) is 0 Å². The third kappa shape index (κ3) is 1.99. The Bertz CT molecular complexity index is 561. The lowest BCUT2D eigenvalue weighted by Crippen LogP contribution is -2.41. The number of nitrogens with zero attached hydrogens (tertiary/aromatic N) is 1. The number of carbonyl (C=O) groups excluding carboxylic acids is 1. The second kappa shape index (κ2) is 5.46. The molecule has 0 atom stereocenters. The molecular formula is C13H12BrCl2NO3. The van der Waals surface area contributed by atoms with E-state index in [9.17, 15) is 4.79 Å². The topological polar surface area (TPSA) is 38.8 Å². The highest BCUT2D eigenvalue weighted by Gasteiger charge is 2.57. The zero-order chi connectivity index (χ0) is 14.3. The highest BCUT2D eigenvalue weighted by atomic mass is 79.9. The Morgan fingerprint density at radius 1 is 1.25 bits per heavy atom. The summed E-state index contributed by atoms with van der Waals surface area (Å²) < 4.78 is 11.2. The fourth-order valence-corrected chi connectivity index (χ4v) is 3.40.